The van der Waals surface area contributed by atoms with Crippen LogP contribution >= 0.6 is 11.6 Å². The highest BCUT2D eigenvalue weighted by Gasteiger charge is 2.26. The molecule has 3 rings (SSSR count). The van der Waals surface area contributed by atoms with Gasteiger partial charge in [0.25, 0.3) is 11.5 Å². The summed E-state index contributed by atoms with van der Waals surface area (Å²) in [5.74, 6) is 0.901. The maximum Gasteiger partial charge on any atom is 0.261 e. The number of carbonyl (C=O) groups excluding carboxylic acids is 1. The molecule has 0 aliphatic carbocycles. The molecule has 164 valence electrons. The fourth-order valence-corrected chi connectivity index (χ4v) is 3.71. The van der Waals surface area contributed by atoms with Crippen LogP contribution in [0.4, 0.5) is 0 Å². The van der Waals surface area contributed by atoms with Crippen LogP contribution in [-0.2, 0) is 11.8 Å². The van der Waals surface area contributed by atoms with E-state index in [0.717, 1.165) is 0 Å². The van der Waals surface area contributed by atoms with Gasteiger partial charge in [-0.15, -0.1) is 0 Å². The average Bonchev–Trinajstić information content (AvgIpc) is 2.78. The minimum Gasteiger partial charge on any atom is -0.497 e. The standard InChI is InChI=1S/C23H26ClN3O4/c1-15(21-25-20-14-17(24)9-10-19(20)23(29)26(21)2)27(11-6-12-30-3)22(28)16-7-5-8-18(13-16)31-4/h5,7-10,13-15H,6,11-12H2,1-4H3. The van der Waals surface area contributed by atoms with Crippen LogP contribution in [0.3, 0.4) is 0 Å². The molecular formula is C23H26ClN3O4. The summed E-state index contributed by atoms with van der Waals surface area (Å²) < 4.78 is 11.9. The fourth-order valence-electron chi connectivity index (χ4n) is 3.55. The van der Waals surface area contributed by atoms with Gasteiger partial charge in [0, 0.05) is 37.9 Å². The van der Waals surface area contributed by atoms with Crippen molar-refractivity contribution in [1.82, 2.24) is 14.5 Å². The quantitative estimate of drug-likeness (QED) is 0.494. The Morgan fingerprint density at radius 2 is 2.00 bits per heavy atom. The number of nitrogens with zero attached hydrogens (tertiary/aromatic N) is 3. The first-order valence-corrected chi connectivity index (χ1v) is 10.3. The molecule has 0 spiro atoms. The van der Waals surface area contributed by atoms with E-state index in [9.17, 15) is 9.59 Å². The van der Waals surface area contributed by atoms with Gasteiger partial charge in [-0.05, 0) is 49.7 Å². The van der Waals surface area contributed by atoms with Crippen molar-refractivity contribution in [3.05, 3.63) is 69.2 Å². The number of amides is 1. The van der Waals surface area contributed by atoms with Crippen LogP contribution in [-0.4, -0.2) is 47.7 Å². The number of rotatable bonds is 8. The molecule has 0 saturated heterocycles. The van der Waals surface area contributed by atoms with Gasteiger partial charge in [0.05, 0.1) is 24.1 Å². The van der Waals surface area contributed by atoms with Gasteiger partial charge in [-0.1, -0.05) is 17.7 Å². The molecule has 1 aromatic heterocycles. The Morgan fingerprint density at radius 3 is 2.71 bits per heavy atom. The molecule has 8 heteroatoms. The van der Waals surface area contributed by atoms with Gasteiger partial charge in [-0.25, -0.2) is 4.98 Å². The lowest BCUT2D eigenvalue weighted by Gasteiger charge is -2.30. The summed E-state index contributed by atoms with van der Waals surface area (Å²) in [4.78, 5) is 32.7. The lowest BCUT2D eigenvalue weighted by molar-refractivity contribution is 0.0656. The lowest BCUT2D eigenvalue weighted by atomic mass is 10.1. The molecular weight excluding hydrogens is 418 g/mol. The third-order valence-corrected chi connectivity index (χ3v) is 5.47. The number of ether oxygens (including phenoxy) is 2. The van der Waals surface area contributed by atoms with Gasteiger partial charge >= 0.3 is 0 Å². The zero-order valence-electron chi connectivity index (χ0n) is 18.1. The second-order valence-corrected chi connectivity index (χ2v) is 7.68. The molecule has 0 aliphatic rings. The van der Waals surface area contributed by atoms with E-state index in [1.165, 1.54) is 4.57 Å². The van der Waals surface area contributed by atoms with Crippen LogP contribution in [0, 0.1) is 0 Å². The maximum absolute atomic E-state index is 13.4. The van der Waals surface area contributed by atoms with E-state index in [1.807, 2.05) is 6.92 Å². The van der Waals surface area contributed by atoms with Crippen molar-refractivity contribution in [2.24, 2.45) is 7.05 Å². The van der Waals surface area contributed by atoms with Gasteiger partial charge in [-0.2, -0.15) is 0 Å². The second-order valence-electron chi connectivity index (χ2n) is 7.25. The number of hydrogen-bond acceptors (Lipinski definition) is 5. The lowest BCUT2D eigenvalue weighted by Crippen LogP contribution is -2.38. The van der Waals surface area contributed by atoms with E-state index in [-0.39, 0.29) is 11.5 Å². The van der Waals surface area contributed by atoms with Gasteiger partial charge in [-0.3, -0.25) is 14.2 Å². The van der Waals surface area contributed by atoms with E-state index >= 15 is 0 Å². The third-order valence-electron chi connectivity index (χ3n) is 5.24. The highest BCUT2D eigenvalue weighted by molar-refractivity contribution is 6.31. The van der Waals surface area contributed by atoms with Crippen molar-refractivity contribution < 1.29 is 14.3 Å². The number of halogens is 1. The first-order chi connectivity index (χ1) is 14.9. The summed E-state index contributed by atoms with van der Waals surface area (Å²) in [6.45, 7) is 2.81. The number of carbonyl (C=O) groups is 1. The van der Waals surface area contributed by atoms with Crippen molar-refractivity contribution in [2.45, 2.75) is 19.4 Å². The highest BCUT2D eigenvalue weighted by atomic mass is 35.5. The molecule has 0 radical (unpaired) electrons. The zero-order valence-corrected chi connectivity index (χ0v) is 18.8. The molecule has 0 N–H and O–H groups in total. The molecule has 0 bridgehead atoms. The minimum absolute atomic E-state index is 0.178. The summed E-state index contributed by atoms with van der Waals surface area (Å²) >= 11 is 6.11. The SMILES string of the molecule is COCCCN(C(=O)c1cccc(OC)c1)C(C)c1nc2cc(Cl)ccc2c(=O)n1C. The predicted molar refractivity (Wildman–Crippen MR) is 121 cm³/mol. The second kappa shape index (κ2) is 9.94. The summed E-state index contributed by atoms with van der Waals surface area (Å²) in [5.41, 5.74) is 0.815. The molecule has 1 amide bonds. The van der Waals surface area contributed by atoms with E-state index in [0.29, 0.717) is 52.6 Å². The molecule has 1 heterocycles. The summed E-state index contributed by atoms with van der Waals surface area (Å²) in [7, 11) is 4.84. The van der Waals surface area contributed by atoms with Crippen LogP contribution < -0.4 is 10.3 Å². The minimum atomic E-state index is -0.461. The molecule has 0 aliphatic heterocycles. The normalized spacial score (nSPS) is 12.0. The van der Waals surface area contributed by atoms with Crippen LogP contribution in [0.5, 0.6) is 5.75 Å². The highest BCUT2D eigenvalue weighted by Crippen LogP contribution is 2.24. The smallest absolute Gasteiger partial charge is 0.261 e. The fraction of sp³-hybridized carbons (Fsp3) is 0.348. The van der Waals surface area contributed by atoms with Gasteiger partial charge in [0.15, 0.2) is 0 Å². The van der Waals surface area contributed by atoms with Crippen molar-refractivity contribution in [3.8, 4) is 5.75 Å². The Balaban J connectivity index is 2.05. The molecule has 3 aromatic rings. The molecule has 7 nitrogen and oxygen atoms in total. The number of hydrogen-bond donors (Lipinski definition) is 0. The van der Waals surface area contributed by atoms with Crippen LogP contribution in [0.1, 0.15) is 35.6 Å². The van der Waals surface area contributed by atoms with Crippen molar-refractivity contribution in [3.63, 3.8) is 0 Å². The topological polar surface area (TPSA) is 73.7 Å². The summed E-state index contributed by atoms with van der Waals surface area (Å²) in [6.07, 6.45) is 0.643. The Bertz CT molecular complexity index is 1150. The van der Waals surface area contributed by atoms with Crippen molar-refractivity contribution in [1.29, 1.82) is 0 Å². The van der Waals surface area contributed by atoms with E-state index in [1.54, 1.807) is 68.6 Å². The molecule has 31 heavy (non-hydrogen) atoms. The van der Waals surface area contributed by atoms with Crippen molar-refractivity contribution >= 4 is 28.4 Å². The average molecular weight is 444 g/mol. The van der Waals surface area contributed by atoms with E-state index in [2.05, 4.69) is 4.98 Å². The summed E-state index contributed by atoms with van der Waals surface area (Å²) in [6, 6.07) is 11.5. The first kappa shape index (κ1) is 22.8. The Labute approximate surface area is 186 Å². The van der Waals surface area contributed by atoms with Crippen LogP contribution in [0.25, 0.3) is 10.9 Å². The largest absolute Gasteiger partial charge is 0.497 e. The Morgan fingerprint density at radius 1 is 1.23 bits per heavy atom. The first-order valence-electron chi connectivity index (χ1n) is 9.97. The number of aromatic nitrogens is 2. The molecule has 1 atom stereocenters. The number of methoxy groups -OCH3 is 2. The predicted octanol–water partition coefficient (Wildman–Crippen LogP) is 3.84. The molecule has 1 unspecified atom stereocenters. The van der Waals surface area contributed by atoms with Gasteiger partial charge < -0.3 is 14.4 Å². The monoisotopic (exact) mass is 443 g/mol. The molecule has 2 aromatic carbocycles. The van der Waals surface area contributed by atoms with Gasteiger partial charge in [0.2, 0.25) is 0 Å². The van der Waals surface area contributed by atoms with Crippen molar-refractivity contribution in [2.75, 3.05) is 27.4 Å². The molecule has 0 saturated carbocycles. The zero-order chi connectivity index (χ0) is 22.5. The van der Waals surface area contributed by atoms with Gasteiger partial charge in [0.1, 0.15) is 11.6 Å². The number of benzene rings is 2. The van der Waals surface area contributed by atoms with E-state index in [4.69, 9.17) is 21.1 Å². The molecule has 0 fully saturated rings. The van der Waals surface area contributed by atoms with Crippen LogP contribution in [0.15, 0.2) is 47.3 Å². The van der Waals surface area contributed by atoms with Crippen LogP contribution in [0.2, 0.25) is 5.02 Å². The Kier molecular flexibility index (Phi) is 7.30. The van der Waals surface area contributed by atoms with E-state index < -0.39 is 6.04 Å². The maximum atomic E-state index is 13.4. The Hall–Kier alpha value is -2.90. The summed E-state index contributed by atoms with van der Waals surface area (Å²) in [5, 5.41) is 0.976. The number of fused-ring (bicyclic) bond motifs is 1. The third kappa shape index (κ3) is 4.89.